The van der Waals surface area contributed by atoms with Gasteiger partial charge in [0.2, 0.25) is 10.0 Å². The fourth-order valence-electron chi connectivity index (χ4n) is 2.83. The Hall–Kier alpha value is -1.61. The minimum atomic E-state index is -3.52. The number of aryl methyl sites for hydroxylation is 1. The van der Waals surface area contributed by atoms with Gasteiger partial charge in [-0.1, -0.05) is 18.5 Å². The number of hydrogen-bond donors (Lipinski definition) is 0. The standard InChI is InChI=1S/C19H21ClFN3O2S2/c1-4-9-24-18-8-6-14(28(25,26)23(2)3)11-17(18)22-19(24)12-27-13-5-7-16(21)15(20)10-13/h5-8,10-11H,4,9,12H2,1-3H3. The van der Waals surface area contributed by atoms with Crippen LogP contribution in [0.3, 0.4) is 0 Å². The Morgan fingerprint density at radius 3 is 2.61 bits per heavy atom. The number of hydrogen-bond acceptors (Lipinski definition) is 4. The molecule has 0 unspecified atom stereocenters. The van der Waals surface area contributed by atoms with Gasteiger partial charge in [0.05, 0.1) is 26.7 Å². The minimum absolute atomic E-state index is 0.0885. The summed E-state index contributed by atoms with van der Waals surface area (Å²) in [7, 11) is -0.510. The fourth-order valence-corrected chi connectivity index (χ4v) is 4.88. The Kier molecular flexibility index (Phi) is 6.34. The van der Waals surface area contributed by atoms with Crippen LogP contribution >= 0.6 is 23.4 Å². The molecule has 0 atom stereocenters. The van der Waals surface area contributed by atoms with Crippen LogP contribution in [-0.4, -0.2) is 36.4 Å². The molecule has 0 saturated heterocycles. The van der Waals surface area contributed by atoms with Crippen LogP contribution in [0.2, 0.25) is 5.02 Å². The molecule has 9 heteroatoms. The number of thioether (sulfide) groups is 1. The molecule has 1 heterocycles. The topological polar surface area (TPSA) is 55.2 Å². The number of sulfonamides is 1. The average Bonchev–Trinajstić information content (AvgIpc) is 3.00. The van der Waals surface area contributed by atoms with E-state index in [0.717, 1.165) is 29.2 Å². The number of aromatic nitrogens is 2. The second kappa shape index (κ2) is 8.41. The molecule has 2 aromatic carbocycles. The van der Waals surface area contributed by atoms with E-state index in [1.165, 1.54) is 36.2 Å². The lowest BCUT2D eigenvalue weighted by atomic mass is 10.3. The maximum atomic E-state index is 13.3. The predicted molar refractivity (Wildman–Crippen MR) is 112 cm³/mol. The van der Waals surface area contributed by atoms with Gasteiger partial charge in [-0.15, -0.1) is 11.8 Å². The van der Waals surface area contributed by atoms with Crippen molar-refractivity contribution >= 4 is 44.4 Å². The number of benzene rings is 2. The summed E-state index contributed by atoms with van der Waals surface area (Å²) >= 11 is 7.36. The van der Waals surface area contributed by atoms with E-state index in [9.17, 15) is 12.8 Å². The molecule has 0 amide bonds. The first-order valence-electron chi connectivity index (χ1n) is 8.73. The van der Waals surface area contributed by atoms with Crippen LogP contribution in [0.5, 0.6) is 0 Å². The van der Waals surface area contributed by atoms with E-state index in [2.05, 4.69) is 16.5 Å². The number of rotatable bonds is 7. The third-order valence-corrected chi connectivity index (χ3v) is 7.37. The zero-order chi connectivity index (χ0) is 20.5. The first-order chi connectivity index (χ1) is 13.2. The van der Waals surface area contributed by atoms with Crippen LogP contribution in [0.15, 0.2) is 46.2 Å². The van der Waals surface area contributed by atoms with E-state index in [1.807, 2.05) is 0 Å². The molecule has 3 rings (SSSR count). The molecule has 0 spiro atoms. The summed E-state index contributed by atoms with van der Waals surface area (Å²) in [4.78, 5) is 5.73. The molecule has 0 aliphatic rings. The highest BCUT2D eigenvalue weighted by Crippen LogP contribution is 2.29. The molecular weight excluding hydrogens is 421 g/mol. The van der Waals surface area contributed by atoms with Crippen LogP contribution in [0, 0.1) is 5.82 Å². The Morgan fingerprint density at radius 2 is 1.96 bits per heavy atom. The van der Waals surface area contributed by atoms with E-state index < -0.39 is 15.8 Å². The van der Waals surface area contributed by atoms with Gasteiger partial charge >= 0.3 is 0 Å². The number of fused-ring (bicyclic) bond motifs is 1. The zero-order valence-electron chi connectivity index (χ0n) is 15.8. The van der Waals surface area contributed by atoms with Gasteiger partial charge in [0.25, 0.3) is 0 Å². The smallest absolute Gasteiger partial charge is 0.242 e. The molecule has 0 radical (unpaired) electrons. The van der Waals surface area contributed by atoms with Crippen LogP contribution < -0.4 is 0 Å². The molecule has 0 aliphatic heterocycles. The van der Waals surface area contributed by atoms with Gasteiger partial charge in [-0.2, -0.15) is 0 Å². The molecule has 28 heavy (non-hydrogen) atoms. The summed E-state index contributed by atoms with van der Waals surface area (Å²) < 4.78 is 41.4. The van der Waals surface area contributed by atoms with Crippen molar-refractivity contribution in [2.24, 2.45) is 0 Å². The van der Waals surface area contributed by atoms with Gasteiger partial charge in [-0.25, -0.2) is 22.1 Å². The maximum Gasteiger partial charge on any atom is 0.242 e. The summed E-state index contributed by atoms with van der Waals surface area (Å²) in [6, 6.07) is 9.65. The first kappa shape index (κ1) is 21.1. The van der Waals surface area contributed by atoms with Crippen molar-refractivity contribution in [3.05, 3.63) is 53.1 Å². The third kappa shape index (κ3) is 4.20. The lowest BCUT2D eigenvalue weighted by Gasteiger charge is -2.11. The van der Waals surface area contributed by atoms with Crippen molar-refractivity contribution < 1.29 is 12.8 Å². The number of nitrogens with zero attached hydrogens (tertiary/aromatic N) is 3. The zero-order valence-corrected chi connectivity index (χ0v) is 18.2. The van der Waals surface area contributed by atoms with Gasteiger partial charge in [-0.05, 0) is 42.8 Å². The fraction of sp³-hybridized carbons (Fsp3) is 0.316. The van der Waals surface area contributed by atoms with Gasteiger partial charge in [0.1, 0.15) is 11.6 Å². The van der Waals surface area contributed by atoms with Crippen molar-refractivity contribution in [2.45, 2.75) is 35.4 Å². The Morgan fingerprint density at radius 1 is 1.21 bits per heavy atom. The van der Waals surface area contributed by atoms with Gasteiger partial charge in [0, 0.05) is 25.5 Å². The summed E-state index contributed by atoms with van der Waals surface area (Å²) in [5.74, 6) is 0.951. The van der Waals surface area contributed by atoms with Gasteiger partial charge in [-0.3, -0.25) is 0 Å². The highest BCUT2D eigenvalue weighted by molar-refractivity contribution is 7.98. The monoisotopic (exact) mass is 441 g/mol. The Balaban J connectivity index is 1.96. The maximum absolute atomic E-state index is 13.3. The van der Waals surface area contributed by atoms with Crippen LogP contribution in [-0.2, 0) is 22.3 Å². The van der Waals surface area contributed by atoms with Crippen LogP contribution in [0.1, 0.15) is 19.2 Å². The average molecular weight is 442 g/mol. The molecule has 1 aromatic heterocycles. The number of halogens is 2. The first-order valence-corrected chi connectivity index (χ1v) is 11.5. The van der Waals surface area contributed by atoms with Crippen molar-refractivity contribution in [1.29, 1.82) is 0 Å². The van der Waals surface area contributed by atoms with E-state index in [-0.39, 0.29) is 9.92 Å². The van der Waals surface area contributed by atoms with E-state index >= 15 is 0 Å². The van der Waals surface area contributed by atoms with E-state index in [4.69, 9.17) is 11.6 Å². The molecule has 150 valence electrons. The summed E-state index contributed by atoms with van der Waals surface area (Å²) in [5, 5.41) is 0.0885. The second-order valence-electron chi connectivity index (χ2n) is 6.48. The van der Waals surface area contributed by atoms with Gasteiger partial charge < -0.3 is 4.57 Å². The van der Waals surface area contributed by atoms with E-state index in [0.29, 0.717) is 11.3 Å². The highest BCUT2D eigenvalue weighted by Gasteiger charge is 2.19. The molecule has 0 aliphatic carbocycles. The summed E-state index contributed by atoms with van der Waals surface area (Å²) in [6.07, 6.45) is 0.920. The quantitative estimate of drug-likeness (QED) is 0.495. The SMILES string of the molecule is CCCn1c(CSc2ccc(F)c(Cl)c2)nc2cc(S(=O)(=O)N(C)C)ccc21. The normalized spacial score (nSPS) is 12.2. The van der Waals surface area contributed by atoms with Crippen LogP contribution in [0.25, 0.3) is 11.0 Å². The van der Waals surface area contributed by atoms with Crippen molar-refractivity contribution in [1.82, 2.24) is 13.9 Å². The minimum Gasteiger partial charge on any atom is -0.327 e. The summed E-state index contributed by atoms with van der Waals surface area (Å²) in [6.45, 7) is 2.85. The predicted octanol–water partition coefficient (Wildman–Crippen LogP) is 4.78. The largest absolute Gasteiger partial charge is 0.327 e. The van der Waals surface area contributed by atoms with Crippen molar-refractivity contribution in [2.75, 3.05) is 14.1 Å². The molecular formula is C19H21ClFN3O2S2. The van der Waals surface area contributed by atoms with Crippen LogP contribution in [0.4, 0.5) is 4.39 Å². The molecule has 0 fully saturated rings. The van der Waals surface area contributed by atoms with Gasteiger partial charge in [0.15, 0.2) is 0 Å². The van der Waals surface area contributed by atoms with Crippen molar-refractivity contribution in [3.8, 4) is 0 Å². The lowest BCUT2D eigenvalue weighted by molar-refractivity contribution is 0.521. The molecule has 0 saturated carbocycles. The summed E-state index contributed by atoms with van der Waals surface area (Å²) in [5.41, 5.74) is 1.54. The molecule has 3 aromatic rings. The second-order valence-corrected chi connectivity index (χ2v) is 10.1. The lowest BCUT2D eigenvalue weighted by Crippen LogP contribution is -2.22. The van der Waals surface area contributed by atoms with Crippen molar-refractivity contribution in [3.63, 3.8) is 0 Å². The Labute approximate surface area is 173 Å². The Bertz CT molecular complexity index is 1110. The highest BCUT2D eigenvalue weighted by atomic mass is 35.5. The molecule has 5 nitrogen and oxygen atoms in total. The third-order valence-electron chi connectivity index (χ3n) is 4.28. The number of imidazole rings is 1. The molecule has 0 N–H and O–H groups in total. The van der Waals surface area contributed by atoms with E-state index in [1.54, 1.807) is 30.3 Å². The molecule has 0 bridgehead atoms.